The molecule has 4 heteroatoms. The standard InChI is InChI=1S/C10H10O3S/c1-13-10(12)7-14-9-6-4-2-3-5-8(9)11/h2-6H,7H2,1H3. The first kappa shape index (κ1) is 10.8. The van der Waals surface area contributed by atoms with E-state index in [9.17, 15) is 9.59 Å². The highest BCUT2D eigenvalue weighted by Crippen LogP contribution is 2.11. The van der Waals surface area contributed by atoms with Crippen LogP contribution in [0.2, 0.25) is 0 Å². The second-order valence-corrected chi connectivity index (χ2v) is 3.52. The Bertz CT molecular complexity index is 376. The molecule has 0 saturated heterocycles. The Balaban J connectivity index is 2.74. The molecule has 74 valence electrons. The van der Waals surface area contributed by atoms with Gasteiger partial charge in [0.05, 0.1) is 17.8 Å². The van der Waals surface area contributed by atoms with Crippen molar-refractivity contribution >= 4 is 17.7 Å². The lowest BCUT2D eigenvalue weighted by Crippen LogP contribution is -2.05. The molecule has 0 radical (unpaired) electrons. The Morgan fingerprint density at radius 1 is 1.36 bits per heavy atom. The van der Waals surface area contributed by atoms with Crippen LogP contribution in [0.5, 0.6) is 0 Å². The van der Waals surface area contributed by atoms with E-state index >= 15 is 0 Å². The highest BCUT2D eigenvalue weighted by molar-refractivity contribution is 8.00. The van der Waals surface area contributed by atoms with Gasteiger partial charge in [-0.3, -0.25) is 9.59 Å². The molecule has 0 N–H and O–H groups in total. The summed E-state index contributed by atoms with van der Waals surface area (Å²) in [5.74, 6) is -0.170. The molecule has 0 atom stereocenters. The second kappa shape index (κ2) is 5.44. The van der Waals surface area contributed by atoms with Gasteiger partial charge in [-0.05, 0) is 12.1 Å². The van der Waals surface area contributed by atoms with E-state index in [0.717, 1.165) is 0 Å². The largest absolute Gasteiger partial charge is 0.468 e. The summed E-state index contributed by atoms with van der Waals surface area (Å²) in [6, 6.07) is 8.37. The van der Waals surface area contributed by atoms with Crippen molar-refractivity contribution in [3.8, 4) is 0 Å². The lowest BCUT2D eigenvalue weighted by Gasteiger charge is -1.96. The molecule has 0 aromatic heterocycles. The van der Waals surface area contributed by atoms with E-state index in [1.54, 1.807) is 24.3 Å². The quantitative estimate of drug-likeness (QED) is 0.557. The van der Waals surface area contributed by atoms with Crippen molar-refractivity contribution in [1.29, 1.82) is 0 Å². The first-order chi connectivity index (χ1) is 6.74. The zero-order valence-corrected chi connectivity index (χ0v) is 8.54. The van der Waals surface area contributed by atoms with Gasteiger partial charge in [-0.2, -0.15) is 0 Å². The van der Waals surface area contributed by atoms with E-state index in [0.29, 0.717) is 4.90 Å². The van der Waals surface area contributed by atoms with Gasteiger partial charge in [0.15, 0.2) is 5.43 Å². The summed E-state index contributed by atoms with van der Waals surface area (Å²) in [5, 5.41) is 0. The average molecular weight is 210 g/mol. The molecule has 0 heterocycles. The fourth-order valence-corrected chi connectivity index (χ4v) is 1.61. The van der Waals surface area contributed by atoms with E-state index in [2.05, 4.69) is 4.74 Å². The zero-order chi connectivity index (χ0) is 10.4. The molecule has 0 spiro atoms. The lowest BCUT2D eigenvalue weighted by molar-refractivity contribution is -0.137. The third-order valence-electron chi connectivity index (χ3n) is 1.53. The molecule has 0 aliphatic heterocycles. The third kappa shape index (κ3) is 3.22. The maximum Gasteiger partial charge on any atom is 0.315 e. The van der Waals surface area contributed by atoms with Crippen LogP contribution < -0.4 is 5.43 Å². The van der Waals surface area contributed by atoms with Crippen LogP contribution in [0.4, 0.5) is 0 Å². The number of carbonyl (C=O) groups is 1. The van der Waals surface area contributed by atoms with E-state index < -0.39 is 0 Å². The summed E-state index contributed by atoms with van der Waals surface area (Å²) >= 11 is 1.19. The van der Waals surface area contributed by atoms with Crippen LogP contribution in [0.3, 0.4) is 0 Å². The van der Waals surface area contributed by atoms with Gasteiger partial charge in [0.2, 0.25) is 0 Å². The Morgan fingerprint density at radius 2 is 2.07 bits per heavy atom. The molecule has 0 saturated carbocycles. The van der Waals surface area contributed by atoms with Crippen LogP contribution in [0.1, 0.15) is 0 Å². The number of methoxy groups -OCH3 is 1. The van der Waals surface area contributed by atoms with Crippen molar-refractivity contribution in [2.45, 2.75) is 4.90 Å². The minimum absolute atomic E-state index is 0.0797. The van der Waals surface area contributed by atoms with E-state index in [1.165, 1.54) is 24.9 Å². The summed E-state index contributed by atoms with van der Waals surface area (Å²) in [5.41, 5.74) is -0.0797. The van der Waals surface area contributed by atoms with Gasteiger partial charge in [-0.1, -0.05) is 18.2 Å². The summed E-state index contributed by atoms with van der Waals surface area (Å²) in [7, 11) is 1.33. The summed E-state index contributed by atoms with van der Waals surface area (Å²) < 4.78 is 4.47. The van der Waals surface area contributed by atoms with Crippen LogP contribution in [0.25, 0.3) is 0 Å². The molecule has 1 rings (SSSR count). The number of thioether (sulfide) groups is 1. The number of carbonyl (C=O) groups excluding carboxylic acids is 1. The summed E-state index contributed by atoms with van der Waals surface area (Å²) in [6.07, 6.45) is 0. The first-order valence-corrected chi connectivity index (χ1v) is 5.01. The van der Waals surface area contributed by atoms with Crippen molar-refractivity contribution in [2.75, 3.05) is 12.9 Å². The molecule has 0 unspecified atom stereocenters. The molecular formula is C10H10O3S. The Kier molecular flexibility index (Phi) is 4.19. The average Bonchev–Trinajstić information content (AvgIpc) is 2.39. The molecule has 0 amide bonds. The van der Waals surface area contributed by atoms with Gasteiger partial charge in [-0.25, -0.2) is 0 Å². The molecule has 3 nitrogen and oxygen atoms in total. The van der Waals surface area contributed by atoms with Gasteiger partial charge < -0.3 is 4.74 Å². The van der Waals surface area contributed by atoms with Crippen LogP contribution in [-0.4, -0.2) is 18.8 Å². The fraction of sp³-hybridized carbons (Fsp3) is 0.200. The van der Waals surface area contributed by atoms with Gasteiger partial charge in [0, 0.05) is 0 Å². The molecule has 0 fully saturated rings. The minimum atomic E-state index is -0.332. The highest BCUT2D eigenvalue weighted by Gasteiger charge is 2.03. The number of hydrogen-bond acceptors (Lipinski definition) is 4. The topological polar surface area (TPSA) is 43.4 Å². The molecule has 14 heavy (non-hydrogen) atoms. The number of hydrogen-bond donors (Lipinski definition) is 0. The second-order valence-electron chi connectivity index (χ2n) is 2.50. The number of esters is 1. The fourth-order valence-electron chi connectivity index (χ4n) is 0.829. The summed E-state index contributed by atoms with van der Waals surface area (Å²) in [6.45, 7) is 0. The first-order valence-electron chi connectivity index (χ1n) is 4.03. The van der Waals surface area contributed by atoms with E-state index in [-0.39, 0.29) is 17.2 Å². The Hall–Kier alpha value is -1.29. The van der Waals surface area contributed by atoms with Crippen LogP contribution in [-0.2, 0) is 9.53 Å². The third-order valence-corrected chi connectivity index (χ3v) is 2.56. The molecule has 0 aliphatic carbocycles. The van der Waals surface area contributed by atoms with Crippen LogP contribution in [0.15, 0.2) is 40.0 Å². The van der Waals surface area contributed by atoms with Gasteiger partial charge >= 0.3 is 5.97 Å². The lowest BCUT2D eigenvalue weighted by atomic mass is 10.5. The Morgan fingerprint density at radius 3 is 2.79 bits per heavy atom. The van der Waals surface area contributed by atoms with Gasteiger partial charge in [0.1, 0.15) is 0 Å². The van der Waals surface area contributed by atoms with Crippen LogP contribution >= 0.6 is 11.8 Å². The van der Waals surface area contributed by atoms with Crippen molar-refractivity contribution in [2.24, 2.45) is 0 Å². The van der Waals surface area contributed by atoms with Gasteiger partial charge in [0.25, 0.3) is 0 Å². The molecule has 1 aromatic carbocycles. The van der Waals surface area contributed by atoms with Gasteiger partial charge in [-0.15, -0.1) is 11.8 Å². The minimum Gasteiger partial charge on any atom is -0.468 e. The summed E-state index contributed by atoms with van der Waals surface area (Å²) in [4.78, 5) is 22.7. The molecule has 1 aromatic rings. The van der Waals surface area contributed by atoms with Crippen molar-refractivity contribution in [3.63, 3.8) is 0 Å². The maximum atomic E-state index is 11.3. The number of rotatable bonds is 3. The van der Waals surface area contributed by atoms with E-state index in [1.807, 2.05) is 0 Å². The smallest absolute Gasteiger partial charge is 0.315 e. The van der Waals surface area contributed by atoms with Crippen molar-refractivity contribution in [3.05, 3.63) is 40.6 Å². The van der Waals surface area contributed by atoms with Crippen molar-refractivity contribution < 1.29 is 9.53 Å². The monoisotopic (exact) mass is 210 g/mol. The predicted octanol–water partition coefficient (Wildman–Crippen LogP) is 1.31. The Labute approximate surface area is 86.1 Å². The predicted molar refractivity (Wildman–Crippen MR) is 55.5 cm³/mol. The van der Waals surface area contributed by atoms with E-state index in [4.69, 9.17) is 0 Å². The zero-order valence-electron chi connectivity index (χ0n) is 7.73. The van der Waals surface area contributed by atoms with Crippen molar-refractivity contribution in [1.82, 2.24) is 0 Å². The molecule has 0 aliphatic rings. The normalized spacial score (nSPS) is 9.50. The maximum absolute atomic E-state index is 11.3. The molecule has 0 bridgehead atoms. The highest BCUT2D eigenvalue weighted by atomic mass is 32.2. The SMILES string of the molecule is COC(=O)CSc1cccccc1=O. The number of ether oxygens (including phenoxy) is 1. The molecular weight excluding hydrogens is 200 g/mol. The van der Waals surface area contributed by atoms with Crippen LogP contribution in [0, 0.1) is 0 Å².